The molecule has 0 saturated heterocycles. The highest BCUT2D eigenvalue weighted by Gasteiger charge is 2.23. The van der Waals surface area contributed by atoms with E-state index in [4.69, 9.17) is 9.84 Å². The molecule has 0 aliphatic heterocycles. The number of carbonyl (C=O) groups is 2. The van der Waals surface area contributed by atoms with Crippen LogP contribution >= 0.6 is 0 Å². The van der Waals surface area contributed by atoms with Crippen molar-refractivity contribution in [2.75, 3.05) is 6.61 Å². The normalized spacial score (nSPS) is 10.9. The molecular weight excluding hydrogens is 246 g/mol. The molecule has 5 heteroatoms. The van der Waals surface area contributed by atoms with Gasteiger partial charge in [-0.05, 0) is 38.5 Å². The minimum Gasteiger partial charge on any atom is -0.484 e. The van der Waals surface area contributed by atoms with Crippen molar-refractivity contribution in [1.82, 2.24) is 5.32 Å². The Morgan fingerprint density at radius 2 is 2.05 bits per heavy atom. The minimum absolute atomic E-state index is 0.132. The number of ether oxygens (including phenoxy) is 1. The van der Waals surface area contributed by atoms with Gasteiger partial charge < -0.3 is 15.2 Å². The molecule has 1 amide bonds. The van der Waals surface area contributed by atoms with Crippen LogP contribution in [0, 0.1) is 6.92 Å². The summed E-state index contributed by atoms with van der Waals surface area (Å²) in [5.41, 5.74) is 0.253. The molecule has 0 aliphatic rings. The van der Waals surface area contributed by atoms with Gasteiger partial charge in [0.2, 0.25) is 0 Å². The standard InChI is InChI=1S/C14H19NO4/c1-10-5-4-6-11(7-10)19-9-12(16)15-14(2,3)8-13(17)18/h4-7H,8-9H2,1-3H3,(H,15,16)(H,17,18). The van der Waals surface area contributed by atoms with Crippen LogP contribution in [0.2, 0.25) is 0 Å². The molecule has 5 nitrogen and oxygen atoms in total. The van der Waals surface area contributed by atoms with Crippen LogP contribution in [0.5, 0.6) is 5.75 Å². The van der Waals surface area contributed by atoms with Crippen LogP contribution in [0.25, 0.3) is 0 Å². The van der Waals surface area contributed by atoms with Gasteiger partial charge in [-0.15, -0.1) is 0 Å². The highest BCUT2D eigenvalue weighted by molar-refractivity contribution is 5.79. The average molecular weight is 265 g/mol. The molecule has 1 rings (SSSR count). The fraction of sp³-hybridized carbons (Fsp3) is 0.429. The number of carboxylic acid groups (broad SMARTS) is 1. The molecule has 0 heterocycles. The SMILES string of the molecule is Cc1cccc(OCC(=O)NC(C)(C)CC(=O)O)c1. The third-order valence-corrected chi connectivity index (χ3v) is 2.43. The Hall–Kier alpha value is -2.04. The first-order chi connectivity index (χ1) is 8.78. The monoisotopic (exact) mass is 265 g/mol. The molecule has 0 fully saturated rings. The summed E-state index contributed by atoms with van der Waals surface area (Å²) in [5.74, 6) is -0.677. The molecule has 0 aromatic heterocycles. The molecule has 0 spiro atoms. The number of aryl methyl sites for hydroxylation is 1. The van der Waals surface area contributed by atoms with E-state index in [0.717, 1.165) is 5.56 Å². The second kappa shape index (κ2) is 6.22. The Bertz CT molecular complexity index is 468. The number of rotatable bonds is 6. The van der Waals surface area contributed by atoms with E-state index in [0.29, 0.717) is 5.75 Å². The van der Waals surface area contributed by atoms with Crippen molar-refractivity contribution in [1.29, 1.82) is 0 Å². The number of nitrogens with one attached hydrogen (secondary N) is 1. The largest absolute Gasteiger partial charge is 0.484 e. The maximum absolute atomic E-state index is 11.7. The van der Waals surface area contributed by atoms with Crippen LogP contribution in [0.4, 0.5) is 0 Å². The summed E-state index contributed by atoms with van der Waals surface area (Å²) in [5, 5.41) is 11.3. The zero-order valence-electron chi connectivity index (χ0n) is 11.4. The number of aliphatic carboxylic acids is 1. The van der Waals surface area contributed by atoms with Gasteiger partial charge in [-0.3, -0.25) is 9.59 Å². The zero-order valence-corrected chi connectivity index (χ0v) is 11.4. The van der Waals surface area contributed by atoms with Crippen molar-refractivity contribution < 1.29 is 19.4 Å². The van der Waals surface area contributed by atoms with E-state index in [1.54, 1.807) is 19.9 Å². The summed E-state index contributed by atoms with van der Waals surface area (Å²) in [6.45, 7) is 5.12. The Kier molecular flexibility index (Phi) is 4.92. The molecule has 0 aliphatic carbocycles. The van der Waals surface area contributed by atoms with Crippen molar-refractivity contribution in [2.24, 2.45) is 0 Å². The van der Waals surface area contributed by atoms with Gasteiger partial charge in [0.25, 0.3) is 5.91 Å². The van der Waals surface area contributed by atoms with Gasteiger partial charge in [-0.1, -0.05) is 12.1 Å². The Balaban J connectivity index is 2.46. The number of amides is 1. The molecule has 1 aromatic carbocycles. The quantitative estimate of drug-likeness (QED) is 0.821. The second-order valence-electron chi connectivity index (χ2n) is 5.11. The summed E-state index contributed by atoms with van der Waals surface area (Å²) in [6, 6.07) is 7.37. The topological polar surface area (TPSA) is 75.6 Å². The van der Waals surface area contributed by atoms with Crippen molar-refractivity contribution in [3.63, 3.8) is 0 Å². The summed E-state index contributed by atoms with van der Waals surface area (Å²) >= 11 is 0. The lowest BCUT2D eigenvalue weighted by Crippen LogP contribution is -2.46. The fourth-order valence-corrected chi connectivity index (χ4v) is 1.69. The maximum atomic E-state index is 11.7. The fourth-order valence-electron chi connectivity index (χ4n) is 1.69. The van der Waals surface area contributed by atoms with Crippen molar-refractivity contribution in [3.8, 4) is 5.75 Å². The van der Waals surface area contributed by atoms with Crippen LogP contribution in [0.1, 0.15) is 25.8 Å². The van der Waals surface area contributed by atoms with Crippen LogP contribution < -0.4 is 10.1 Å². The van der Waals surface area contributed by atoms with Crippen molar-refractivity contribution >= 4 is 11.9 Å². The van der Waals surface area contributed by atoms with E-state index < -0.39 is 11.5 Å². The molecule has 0 bridgehead atoms. The lowest BCUT2D eigenvalue weighted by Gasteiger charge is -2.24. The number of benzene rings is 1. The first-order valence-electron chi connectivity index (χ1n) is 6.01. The highest BCUT2D eigenvalue weighted by Crippen LogP contribution is 2.12. The third-order valence-electron chi connectivity index (χ3n) is 2.43. The van der Waals surface area contributed by atoms with E-state index in [-0.39, 0.29) is 18.9 Å². The molecule has 0 saturated carbocycles. The number of hydrogen-bond acceptors (Lipinski definition) is 3. The van der Waals surface area contributed by atoms with Crippen molar-refractivity contribution in [3.05, 3.63) is 29.8 Å². The lowest BCUT2D eigenvalue weighted by molar-refractivity contribution is -0.138. The molecular formula is C14H19NO4. The summed E-state index contributed by atoms with van der Waals surface area (Å²) in [4.78, 5) is 22.3. The lowest BCUT2D eigenvalue weighted by atomic mass is 10.0. The zero-order chi connectivity index (χ0) is 14.5. The van der Waals surface area contributed by atoms with Gasteiger partial charge in [0.15, 0.2) is 6.61 Å². The van der Waals surface area contributed by atoms with E-state index in [1.807, 2.05) is 25.1 Å². The second-order valence-corrected chi connectivity index (χ2v) is 5.11. The predicted octanol–water partition coefficient (Wildman–Crippen LogP) is 1.74. The van der Waals surface area contributed by atoms with Crippen molar-refractivity contribution in [2.45, 2.75) is 32.7 Å². The van der Waals surface area contributed by atoms with Crippen LogP contribution in [0.15, 0.2) is 24.3 Å². The molecule has 0 atom stereocenters. The summed E-state index contributed by atoms with van der Waals surface area (Å²) in [6.07, 6.45) is -0.136. The number of hydrogen-bond donors (Lipinski definition) is 2. The van der Waals surface area contributed by atoms with E-state index >= 15 is 0 Å². The molecule has 19 heavy (non-hydrogen) atoms. The Morgan fingerprint density at radius 1 is 1.37 bits per heavy atom. The van der Waals surface area contributed by atoms with Gasteiger partial charge in [0, 0.05) is 5.54 Å². The molecule has 0 radical (unpaired) electrons. The van der Waals surface area contributed by atoms with E-state index in [2.05, 4.69) is 5.32 Å². The summed E-state index contributed by atoms with van der Waals surface area (Å²) < 4.78 is 5.34. The van der Waals surface area contributed by atoms with Gasteiger partial charge >= 0.3 is 5.97 Å². The first-order valence-corrected chi connectivity index (χ1v) is 6.01. The number of carbonyl (C=O) groups excluding carboxylic acids is 1. The van der Waals surface area contributed by atoms with Gasteiger partial charge in [0.05, 0.1) is 6.42 Å². The molecule has 104 valence electrons. The third kappa shape index (κ3) is 5.90. The van der Waals surface area contributed by atoms with Crippen LogP contribution in [-0.4, -0.2) is 29.1 Å². The Labute approximate surface area is 112 Å². The molecule has 0 unspecified atom stereocenters. The Morgan fingerprint density at radius 3 is 2.63 bits per heavy atom. The molecule has 2 N–H and O–H groups in total. The number of carboxylic acids is 1. The molecule has 1 aromatic rings. The van der Waals surface area contributed by atoms with Crippen LogP contribution in [0.3, 0.4) is 0 Å². The maximum Gasteiger partial charge on any atom is 0.305 e. The first kappa shape index (κ1) is 15.0. The van der Waals surface area contributed by atoms with E-state index in [9.17, 15) is 9.59 Å². The highest BCUT2D eigenvalue weighted by atomic mass is 16.5. The van der Waals surface area contributed by atoms with Gasteiger partial charge in [-0.2, -0.15) is 0 Å². The average Bonchev–Trinajstić information content (AvgIpc) is 2.24. The predicted molar refractivity (Wildman–Crippen MR) is 71.1 cm³/mol. The smallest absolute Gasteiger partial charge is 0.305 e. The summed E-state index contributed by atoms with van der Waals surface area (Å²) in [7, 11) is 0. The van der Waals surface area contributed by atoms with Gasteiger partial charge in [0.1, 0.15) is 5.75 Å². The van der Waals surface area contributed by atoms with E-state index in [1.165, 1.54) is 0 Å². The van der Waals surface area contributed by atoms with Crippen LogP contribution in [-0.2, 0) is 9.59 Å². The minimum atomic E-state index is -0.954. The van der Waals surface area contributed by atoms with Gasteiger partial charge in [-0.25, -0.2) is 0 Å².